The molecular weight excluding hydrogens is 350 g/mol. The first-order valence-electron chi connectivity index (χ1n) is 9.17. The van der Waals surface area contributed by atoms with Crippen LogP contribution in [0.5, 0.6) is 0 Å². The normalized spacial score (nSPS) is 11.1. The predicted octanol–water partition coefficient (Wildman–Crippen LogP) is 5.54. The first-order chi connectivity index (χ1) is 13.1. The summed E-state index contributed by atoms with van der Waals surface area (Å²) >= 11 is 1.76. The fourth-order valence-electron chi connectivity index (χ4n) is 3.34. The maximum atomic E-state index is 4.99. The van der Waals surface area contributed by atoms with E-state index in [0.29, 0.717) is 0 Å². The third-order valence-corrected chi connectivity index (χ3v) is 5.99. The minimum atomic E-state index is 0.749. The monoisotopic (exact) mass is 373 g/mol. The van der Waals surface area contributed by atoms with Crippen molar-refractivity contribution in [3.05, 3.63) is 88.1 Å². The third kappa shape index (κ3) is 3.71. The van der Waals surface area contributed by atoms with E-state index in [1.807, 2.05) is 6.07 Å². The van der Waals surface area contributed by atoms with Crippen molar-refractivity contribution >= 4 is 27.4 Å². The van der Waals surface area contributed by atoms with Gasteiger partial charge in [0.25, 0.3) is 0 Å². The molecular formula is C23H23N3S. The van der Waals surface area contributed by atoms with Crippen molar-refractivity contribution in [2.24, 2.45) is 0 Å². The molecule has 0 fully saturated rings. The zero-order valence-corrected chi connectivity index (χ0v) is 16.8. The lowest BCUT2D eigenvalue weighted by Crippen LogP contribution is -2.19. The smallest absolute Gasteiger partial charge is 0.141 e. The average molecular weight is 374 g/mol. The number of anilines is 1. The minimum absolute atomic E-state index is 0.749. The number of nitrogens with zero attached hydrogens (tertiary/aromatic N) is 3. The summed E-state index contributed by atoms with van der Waals surface area (Å²) < 4.78 is 0. The summed E-state index contributed by atoms with van der Waals surface area (Å²) in [6.07, 6.45) is 0.749. The molecule has 2 aromatic carbocycles. The van der Waals surface area contributed by atoms with Crippen molar-refractivity contribution in [3.8, 4) is 0 Å². The average Bonchev–Trinajstić information content (AvgIpc) is 2.96. The third-order valence-electron chi connectivity index (χ3n) is 4.89. The van der Waals surface area contributed by atoms with E-state index >= 15 is 0 Å². The molecule has 4 aromatic rings. The highest BCUT2D eigenvalue weighted by molar-refractivity contribution is 7.18. The van der Waals surface area contributed by atoms with Gasteiger partial charge in [-0.15, -0.1) is 11.3 Å². The fraction of sp³-hybridized carbons (Fsp3) is 0.217. The molecule has 4 rings (SSSR count). The van der Waals surface area contributed by atoms with Crippen molar-refractivity contribution < 1.29 is 0 Å². The van der Waals surface area contributed by atoms with E-state index < -0.39 is 0 Å². The zero-order chi connectivity index (χ0) is 18.8. The zero-order valence-electron chi connectivity index (χ0n) is 15.9. The van der Waals surface area contributed by atoms with Crippen molar-refractivity contribution in [1.82, 2.24) is 9.97 Å². The van der Waals surface area contributed by atoms with E-state index in [1.165, 1.54) is 27.0 Å². The van der Waals surface area contributed by atoms with Gasteiger partial charge in [-0.2, -0.15) is 0 Å². The molecule has 3 nitrogen and oxygen atoms in total. The molecule has 0 amide bonds. The Morgan fingerprint density at radius 1 is 0.852 bits per heavy atom. The van der Waals surface area contributed by atoms with Crippen LogP contribution in [-0.2, 0) is 13.0 Å². The number of thiophene rings is 1. The largest absolute Gasteiger partial charge is 0.355 e. The Labute approximate surface area is 164 Å². The molecule has 0 N–H and O–H groups in total. The topological polar surface area (TPSA) is 29.0 Å². The Morgan fingerprint density at radius 3 is 2.15 bits per heavy atom. The highest BCUT2D eigenvalue weighted by Crippen LogP contribution is 2.35. The number of hydrogen-bond donors (Lipinski definition) is 0. The summed E-state index contributed by atoms with van der Waals surface area (Å²) in [4.78, 5) is 14.5. The number of fused-ring (bicyclic) bond motifs is 1. The molecule has 0 aliphatic carbocycles. The van der Waals surface area contributed by atoms with Crippen molar-refractivity contribution in [2.75, 3.05) is 11.9 Å². The lowest BCUT2D eigenvalue weighted by atomic mass is 10.1. The number of aryl methyl sites for hydroxylation is 2. The van der Waals surface area contributed by atoms with Gasteiger partial charge in [-0.3, -0.25) is 0 Å². The second kappa shape index (κ2) is 7.49. The maximum Gasteiger partial charge on any atom is 0.141 e. The van der Waals surface area contributed by atoms with Gasteiger partial charge in [0.15, 0.2) is 0 Å². The fourth-order valence-corrected chi connectivity index (χ4v) is 4.38. The molecule has 0 spiro atoms. The molecule has 2 heterocycles. The molecule has 0 radical (unpaired) electrons. The molecule has 2 aromatic heterocycles. The van der Waals surface area contributed by atoms with Crippen LogP contribution in [0.3, 0.4) is 0 Å². The Balaban J connectivity index is 1.76. The standard InChI is InChI=1S/C23H23N3S/c1-16-17(2)27-23-21(16)22(26(3)15-19-12-8-5-9-13-19)24-20(25-23)14-18-10-6-4-7-11-18/h4-13H,14-15H2,1-3H3. The van der Waals surface area contributed by atoms with Gasteiger partial charge in [0, 0.05) is 24.9 Å². The second-order valence-electron chi connectivity index (χ2n) is 6.93. The lowest BCUT2D eigenvalue weighted by molar-refractivity contribution is 0.880. The molecule has 0 saturated carbocycles. The number of hydrogen-bond acceptors (Lipinski definition) is 4. The number of rotatable bonds is 5. The highest BCUT2D eigenvalue weighted by atomic mass is 32.1. The summed E-state index contributed by atoms with van der Waals surface area (Å²) in [5, 5.41) is 1.19. The first-order valence-corrected chi connectivity index (χ1v) is 9.99. The van der Waals surface area contributed by atoms with E-state index in [4.69, 9.17) is 9.97 Å². The molecule has 0 saturated heterocycles. The highest BCUT2D eigenvalue weighted by Gasteiger charge is 2.17. The van der Waals surface area contributed by atoms with Crippen LogP contribution in [0, 0.1) is 13.8 Å². The van der Waals surface area contributed by atoms with Gasteiger partial charge in [-0.1, -0.05) is 60.7 Å². The van der Waals surface area contributed by atoms with E-state index in [-0.39, 0.29) is 0 Å². The molecule has 0 unspecified atom stereocenters. The second-order valence-corrected chi connectivity index (χ2v) is 8.13. The van der Waals surface area contributed by atoms with E-state index in [0.717, 1.165) is 29.4 Å². The summed E-state index contributed by atoms with van der Waals surface area (Å²) in [6, 6.07) is 21.0. The summed E-state index contributed by atoms with van der Waals surface area (Å²) in [6.45, 7) is 5.17. The van der Waals surface area contributed by atoms with Crippen LogP contribution in [-0.4, -0.2) is 17.0 Å². The van der Waals surface area contributed by atoms with Gasteiger partial charge in [-0.25, -0.2) is 9.97 Å². The number of aromatic nitrogens is 2. The molecule has 136 valence electrons. The van der Waals surface area contributed by atoms with E-state index in [9.17, 15) is 0 Å². The van der Waals surface area contributed by atoms with Gasteiger partial charge in [0.2, 0.25) is 0 Å². The van der Waals surface area contributed by atoms with Gasteiger partial charge in [-0.05, 0) is 30.5 Å². The Morgan fingerprint density at radius 2 is 1.48 bits per heavy atom. The van der Waals surface area contributed by atoms with Crippen LogP contribution in [0.4, 0.5) is 5.82 Å². The van der Waals surface area contributed by atoms with Gasteiger partial charge < -0.3 is 4.90 Å². The lowest BCUT2D eigenvalue weighted by Gasteiger charge is -2.20. The number of benzene rings is 2. The van der Waals surface area contributed by atoms with E-state index in [2.05, 4.69) is 80.4 Å². The quantitative estimate of drug-likeness (QED) is 0.460. The summed E-state index contributed by atoms with van der Waals surface area (Å²) in [7, 11) is 2.12. The Kier molecular flexibility index (Phi) is 4.90. The van der Waals surface area contributed by atoms with Gasteiger partial charge in [0.1, 0.15) is 16.5 Å². The molecule has 4 heteroatoms. The first kappa shape index (κ1) is 17.7. The SMILES string of the molecule is Cc1sc2nc(Cc3ccccc3)nc(N(C)Cc3ccccc3)c2c1C. The van der Waals surface area contributed by atoms with Crippen LogP contribution < -0.4 is 4.90 Å². The van der Waals surface area contributed by atoms with Crippen LogP contribution >= 0.6 is 11.3 Å². The predicted molar refractivity (Wildman–Crippen MR) is 115 cm³/mol. The van der Waals surface area contributed by atoms with Crippen LogP contribution in [0.2, 0.25) is 0 Å². The van der Waals surface area contributed by atoms with Gasteiger partial charge >= 0.3 is 0 Å². The molecule has 27 heavy (non-hydrogen) atoms. The molecule has 0 atom stereocenters. The summed E-state index contributed by atoms with van der Waals surface area (Å²) in [5.74, 6) is 1.90. The molecule has 0 aliphatic heterocycles. The maximum absolute atomic E-state index is 4.99. The Hall–Kier alpha value is -2.72. The van der Waals surface area contributed by atoms with Gasteiger partial charge in [0.05, 0.1) is 5.39 Å². The van der Waals surface area contributed by atoms with Crippen molar-refractivity contribution in [1.29, 1.82) is 0 Å². The molecule has 0 aliphatic rings. The molecule has 0 bridgehead atoms. The van der Waals surface area contributed by atoms with Crippen molar-refractivity contribution in [3.63, 3.8) is 0 Å². The van der Waals surface area contributed by atoms with Crippen LogP contribution in [0.1, 0.15) is 27.4 Å². The Bertz CT molecular complexity index is 1060. The van der Waals surface area contributed by atoms with E-state index in [1.54, 1.807) is 11.3 Å². The summed E-state index contributed by atoms with van der Waals surface area (Å²) in [5.41, 5.74) is 3.80. The van der Waals surface area contributed by atoms with Crippen molar-refractivity contribution in [2.45, 2.75) is 26.8 Å². The minimum Gasteiger partial charge on any atom is -0.355 e. The van der Waals surface area contributed by atoms with Crippen LogP contribution in [0.15, 0.2) is 60.7 Å². The van der Waals surface area contributed by atoms with Crippen LogP contribution in [0.25, 0.3) is 10.2 Å².